The Morgan fingerprint density at radius 2 is 2.00 bits per heavy atom. The number of rotatable bonds is 3. The average molecular weight is 249 g/mol. The molecule has 0 bridgehead atoms. The normalized spacial score (nSPS) is 25.5. The third-order valence-electron chi connectivity index (χ3n) is 3.56. The average Bonchev–Trinajstić information content (AvgIpc) is 2.36. The van der Waals surface area contributed by atoms with Gasteiger partial charge in [0.05, 0.1) is 18.5 Å². The van der Waals surface area contributed by atoms with Crippen LogP contribution in [0.5, 0.6) is 0 Å². The lowest BCUT2D eigenvalue weighted by atomic mass is 9.92. The largest absolute Gasteiger partial charge is 0.379 e. The smallest absolute Gasteiger partial charge is 0.0611 e. The van der Waals surface area contributed by atoms with Crippen LogP contribution in [-0.4, -0.2) is 31.6 Å². The number of ether oxygens (including phenoxy) is 1. The summed E-state index contributed by atoms with van der Waals surface area (Å²) < 4.78 is 5.20. The molecule has 2 fully saturated rings. The molecule has 2 heterocycles. The minimum Gasteiger partial charge on any atom is -0.379 e. The van der Waals surface area contributed by atoms with Gasteiger partial charge in [0.25, 0.3) is 0 Å². The molecule has 3 heteroatoms. The van der Waals surface area contributed by atoms with E-state index in [4.69, 9.17) is 4.74 Å². The van der Waals surface area contributed by atoms with Crippen molar-refractivity contribution in [1.82, 2.24) is 5.32 Å². The topological polar surface area (TPSA) is 21.3 Å². The van der Waals surface area contributed by atoms with Crippen LogP contribution in [0, 0.1) is 0 Å². The summed E-state index contributed by atoms with van der Waals surface area (Å²) in [7, 11) is 0. The van der Waals surface area contributed by atoms with E-state index in [2.05, 4.69) is 29.6 Å². The quantitative estimate of drug-likeness (QED) is 0.890. The van der Waals surface area contributed by atoms with Gasteiger partial charge in [-0.2, -0.15) is 0 Å². The lowest BCUT2D eigenvalue weighted by Crippen LogP contribution is -2.30. The molecule has 2 aliphatic rings. The number of piperidine rings is 1. The van der Waals surface area contributed by atoms with Crippen molar-refractivity contribution in [3.05, 3.63) is 29.8 Å². The number of hydrogen-bond donors (Lipinski definition) is 1. The van der Waals surface area contributed by atoms with Gasteiger partial charge >= 0.3 is 0 Å². The van der Waals surface area contributed by atoms with Gasteiger partial charge in [0.2, 0.25) is 0 Å². The van der Waals surface area contributed by atoms with Gasteiger partial charge in [-0.1, -0.05) is 12.1 Å². The second-order valence-electron chi connectivity index (χ2n) is 4.89. The van der Waals surface area contributed by atoms with Crippen LogP contribution >= 0.6 is 11.8 Å². The highest BCUT2D eigenvalue weighted by Crippen LogP contribution is 2.30. The Labute approximate surface area is 107 Å². The summed E-state index contributed by atoms with van der Waals surface area (Å²) in [5.74, 6) is 0.717. The Kier molecular flexibility index (Phi) is 3.69. The Morgan fingerprint density at radius 3 is 2.59 bits per heavy atom. The number of benzene rings is 1. The van der Waals surface area contributed by atoms with E-state index in [1.54, 1.807) is 0 Å². The number of nitrogens with one attached hydrogen (secondary N) is 1. The minimum absolute atomic E-state index is 0.678. The van der Waals surface area contributed by atoms with Gasteiger partial charge in [0.15, 0.2) is 0 Å². The maximum Gasteiger partial charge on any atom is 0.0611 e. The summed E-state index contributed by atoms with van der Waals surface area (Å²) in [5, 5.41) is 4.15. The molecule has 3 rings (SSSR count). The van der Waals surface area contributed by atoms with Crippen molar-refractivity contribution < 1.29 is 4.74 Å². The second-order valence-corrected chi connectivity index (χ2v) is 6.26. The van der Waals surface area contributed by atoms with Crippen LogP contribution in [-0.2, 0) is 4.74 Å². The molecule has 2 nitrogen and oxygen atoms in total. The van der Waals surface area contributed by atoms with E-state index >= 15 is 0 Å². The summed E-state index contributed by atoms with van der Waals surface area (Å²) in [6.45, 7) is 4.16. The molecule has 92 valence electrons. The Hall–Kier alpha value is -0.510. The first kappa shape index (κ1) is 11.6. The molecule has 1 N–H and O–H groups in total. The predicted molar refractivity (Wildman–Crippen MR) is 71.8 cm³/mol. The molecule has 0 amide bonds. The van der Waals surface area contributed by atoms with Gasteiger partial charge < -0.3 is 10.1 Å². The molecule has 1 atom stereocenters. The number of hydrogen-bond acceptors (Lipinski definition) is 3. The van der Waals surface area contributed by atoms with E-state index in [1.807, 2.05) is 11.8 Å². The molecule has 0 spiro atoms. The first-order valence-corrected chi connectivity index (χ1v) is 7.35. The van der Waals surface area contributed by atoms with Crippen LogP contribution in [0.4, 0.5) is 0 Å². The van der Waals surface area contributed by atoms with Crippen LogP contribution in [0.2, 0.25) is 0 Å². The molecule has 1 aromatic carbocycles. The van der Waals surface area contributed by atoms with Gasteiger partial charge in [-0.05, 0) is 43.0 Å². The maximum absolute atomic E-state index is 5.20. The van der Waals surface area contributed by atoms with Gasteiger partial charge in [-0.3, -0.25) is 0 Å². The molecular weight excluding hydrogens is 230 g/mol. The fourth-order valence-corrected chi connectivity index (χ4v) is 3.44. The van der Waals surface area contributed by atoms with E-state index in [1.165, 1.54) is 29.8 Å². The minimum atomic E-state index is 0.678. The van der Waals surface area contributed by atoms with E-state index < -0.39 is 0 Å². The van der Waals surface area contributed by atoms with Crippen molar-refractivity contribution >= 4 is 11.8 Å². The van der Waals surface area contributed by atoms with Crippen molar-refractivity contribution in [3.8, 4) is 0 Å². The second kappa shape index (κ2) is 5.42. The third-order valence-corrected chi connectivity index (χ3v) is 4.71. The highest BCUT2D eigenvalue weighted by atomic mass is 32.2. The van der Waals surface area contributed by atoms with Gasteiger partial charge in [0, 0.05) is 11.4 Å². The zero-order valence-corrected chi connectivity index (χ0v) is 10.8. The monoisotopic (exact) mass is 249 g/mol. The standard InChI is InChI=1S/C14H19NOS/c1-2-12(8-15-7-1)11-3-5-13(6-4-11)17-14-9-16-10-14/h3-6,12,14-15H,1-2,7-10H2. The van der Waals surface area contributed by atoms with Crippen molar-refractivity contribution in [1.29, 1.82) is 0 Å². The fraction of sp³-hybridized carbons (Fsp3) is 0.571. The van der Waals surface area contributed by atoms with Gasteiger partial charge in [-0.15, -0.1) is 11.8 Å². The molecule has 0 saturated carbocycles. The predicted octanol–water partition coefficient (Wildman–Crippen LogP) is 2.64. The molecule has 17 heavy (non-hydrogen) atoms. The summed E-state index contributed by atoms with van der Waals surface area (Å²) in [6, 6.07) is 9.15. The molecular formula is C14H19NOS. The summed E-state index contributed by atoms with van der Waals surface area (Å²) >= 11 is 1.95. The van der Waals surface area contributed by atoms with Crippen LogP contribution in [0.25, 0.3) is 0 Å². The van der Waals surface area contributed by atoms with Gasteiger partial charge in [0.1, 0.15) is 0 Å². The molecule has 0 aromatic heterocycles. The molecule has 2 aliphatic heterocycles. The Morgan fingerprint density at radius 1 is 1.18 bits per heavy atom. The number of thioether (sulfide) groups is 1. The molecule has 2 saturated heterocycles. The molecule has 1 unspecified atom stereocenters. The lowest BCUT2D eigenvalue weighted by Gasteiger charge is -2.26. The van der Waals surface area contributed by atoms with Crippen LogP contribution in [0.3, 0.4) is 0 Å². The van der Waals surface area contributed by atoms with Crippen molar-refractivity contribution in [3.63, 3.8) is 0 Å². The van der Waals surface area contributed by atoms with Crippen LogP contribution in [0.15, 0.2) is 29.2 Å². The van der Waals surface area contributed by atoms with E-state index in [0.29, 0.717) is 5.25 Å². The van der Waals surface area contributed by atoms with Crippen LogP contribution in [0.1, 0.15) is 24.3 Å². The van der Waals surface area contributed by atoms with Crippen molar-refractivity contribution in [2.75, 3.05) is 26.3 Å². The summed E-state index contributed by atoms with van der Waals surface area (Å²) in [5.41, 5.74) is 1.49. The SMILES string of the molecule is c1cc(C2CCCNC2)ccc1SC1COC1. The molecule has 0 aliphatic carbocycles. The Bertz CT molecular complexity index is 355. The summed E-state index contributed by atoms with van der Waals surface area (Å²) in [4.78, 5) is 1.38. The van der Waals surface area contributed by atoms with E-state index in [-0.39, 0.29) is 0 Å². The van der Waals surface area contributed by atoms with E-state index in [9.17, 15) is 0 Å². The lowest BCUT2D eigenvalue weighted by molar-refractivity contribution is 0.0455. The van der Waals surface area contributed by atoms with Gasteiger partial charge in [-0.25, -0.2) is 0 Å². The Balaban J connectivity index is 1.62. The van der Waals surface area contributed by atoms with Crippen molar-refractivity contribution in [2.24, 2.45) is 0 Å². The zero-order chi connectivity index (χ0) is 11.5. The first-order chi connectivity index (χ1) is 8.42. The summed E-state index contributed by atoms with van der Waals surface area (Å²) in [6.07, 6.45) is 2.64. The maximum atomic E-state index is 5.20. The third kappa shape index (κ3) is 2.84. The van der Waals surface area contributed by atoms with Crippen molar-refractivity contribution in [2.45, 2.75) is 28.9 Å². The molecule has 0 radical (unpaired) electrons. The molecule has 1 aromatic rings. The first-order valence-electron chi connectivity index (χ1n) is 6.47. The fourth-order valence-electron chi connectivity index (χ4n) is 2.43. The highest BCUT2D eigenvalue weighted by Gasteiger charge is 2.20. The van der Waals surface area contributed by atoms with Crippen LogP contribution < -0.4 is 5.32 Å². The van der Waals surface area contributed by atoms with E-state index in [0.717, 1.165) is 25.7 Å². The zero-order valence-electron chi connectivity index (χ0n) is 10.0. The highest BCUT2D eigenvalue weighted by molar-refractivity contribution is 8.00.